The first kappa shape index (κ1) is 24.0. The smallest absolute Gasteiger partial charge is 0.444 e. The zero-order chi connectivity index (χ0) is 23.7. The van der Waals surface area contributed by atoms with Gasteiger partial charge < -0.3 is 9.64 Å². The van der Waals surface area contributed by atoms with Gasteiger partial charge in [0.05, 0.1) is 12.1 Å². The molecule has 0 saturated carbocycles. The number of fused-ring (bicyclic) bond motifs is 1. The van der Waals surface area contributed by atoms with Crippen LogP contribution < -0.4 is 0 Å². The Bertz CT molecular complexity index is 989. The fourth-order valence-electron chi connectivity index (χ4n) is 3.60. The lowest BCUT2D eigenvalue weighted by molar-refractivity contribution is -0.324. The maximum atomic E-state index is 12.5. The molecular formula is C22H28F3N3O4. The molecule has 32 heavy (non-hydrogen) atoms. The fraction of sp³-hybridized carbons (Fsp3) is 0.591. The van der Waals surface area contributed by atoms with Crippen molar-refractivity contribution in [1.29, 1.82) is 0 Å². The SMILES string of the molecule is Cc1cc2nn(CC3CN(C(=O)OC(C)(C)C)C3)cc2cc1C(=O)CCCOC(F)(F)F. The highest BCUT2D eigenvalue weighted by Gasteiger charge is 2.34. The van der Waals surface area contributed by atoms with E-state index in [4.69, 9.17) is 4.74 Å². The molecule has 176 valence electrons. The molecule has 0 atom stereocenters. The molecule has 3 rings (SSSR count). The Morgan fingerprint density at radius 2 is 1.88 bits per heavy atom. The third-order valence-electron chi connectivity index (χ3n) is 5.07. The monoisotopic (exact) mass is 455 g/mol. The highest BCUT2D eigenvalue weighted by molar-refractivity contribution is 6.00. The number of likely N-dealkylation sites (tertiary alicyclic amines) is 1. The minimum absolute atomic E-state index is 0.00902. The number of carbonyl (C=O) groups excluding carboxylic acids is 2. The summed E-state index contributed by atoms with van der Waals surface area (Å²) in [6.07, 6.45) is -3.20. The summed E-state index contributed by atoms with van der Waals surface area (Å²) >= 11 is 0. The summed E-state index contributed by atoms with van der Waals surface area (Å²) in [5.74, 6) is 0.0302. The normalized spacial score (nSPS) is 15.2. The Kier molecular flexibility index (Phi) is 6.83. The molecule has 1 aromatic carbocycles. The highest BCUT2D eigenvalue weighted by Crippen LogP contribution is 2.24. The van der Waals surface area contributed by atoms with Crippen LogP contribution in [0.25, 0.3) is 10.9 Å². The van der Waals surface area contributed by atoms with E-state index in [9.17, 15) is 22.8 Å². The summed E-state index contributed by atoms with van der Waals surface area (Å²) < 4.78 is 47.0. The highest BCUT2D eigenvalue weighted by atomic mass is 19.4. The van der Waals surface area contributed by atoms with E-state index in [0.29, 0.717) is 25.2 Å². The van der Waals surface area contributed by atoms with Crippen molar-refractivity contribution < 1.29 is 32.2 Å². The fourth-order valence-corrected chi connectivity index (χ4v) is 3.60. The summed E-state index contributed by atoms with van der Waals surface area (Å²) in [7, 11) is 0. The van der Waals surface area contributed by atoms with Gasteiger partial charge in [-0.2, -0.15) is 5.10 Å². The van der Waals surface area contributed by atoms with Crippen LogP contribution in [-0.2, 0) is 16.0 Å². The number of halogens is 3. The number of amides is 1. The number of aryl methyl sites for hydroxylation is 1. The number of hydrogen-bond donors (Lipinski definition) is 0. The molecule has 0 radical (unpaired) electrons. The molecule has 10 heteroatoms. The van der Waals surface area contributed by atoms with Crippen molar-refractivity contribution in [3.05, 3.63) is 29.5 Å². The van der Waals surface area contributed by atoms with Gasteiger partial charge in [-0.05, 0) is 51.8 Å². The van der Waals surface area contributed by atoms with E-state index < -0.39 is 18.6 Å². The van der Waals surface area contributed by atoms with Crippen molar-refractivity contribution in [3.8, 4) is 0 Å². The van der Waals surface area contributed by atoms with Crippen molar-refractivity contribution in [2.45, 2.75) is 59.0 Å². The molecule has 2 heterocycles. The Morgan fingerprint density at radius 3 is 2.50 bits per heavy atom. The Balaban J connectivity index is 1.56. The standard InChI is InChI=1S/C22H28F3N3O4/c1-14-8-18-16(9-17(14)19(29)6-5-7-31-22(23,24)25)13-28(26-18)12-15-10-27(11-15)20(30)32-21(2,3)4/h8-9,13,15H,5-7,10-12H2,1-4H3. The first-order valence-electron chi connectivity index (χ1n) is 10.5. The van der Waals surface area contributed by atoms with E-state index in [1.807, 2.05) is 27.0 Å². The van der Waals surface area contributed by atoms with Crippen LogP contribution in [-0.4, -0.2) is 58.2 Å². The molecule has 0 N–H and O–H groups in total. The topological polar surface area (TPSA) is 73.7 Å². The second-order valence-corrected chi connectivity index (χ2v) is 9.15. The predicted molar refractivity (Wildman–Crippen MR) is 111 cm³/mol. The van der Waals surface area contributed by atoms with Gasteiger partial charge in [0.2, 0.25) is 0 Å². The van der Waals surface area contributed by atoms with E-state index in [1.54, 1.807) is 28.6 Å². The van der Waals surface area contributed by atoms with Crippen LogP contribution in [0.3, 0.4) is 0 Å². The lowest BCUT2D eigenvalue weighted by Crippen LogP contribution is -2.52. The van der Waals surface area contributed by atoms with Crippen LogP contribution in [0.4, 0.5) is 18.0 Å². The van der Waals surface area contributed by atoms with Gasteiger partial charge in [0.1, 0.15) is 5.60 Å². The number of alkyl halides is 3. The zero-order valence-corrected chi connectivity index (χ0v) is 18.7. The van der Waals surface area contributed by atoms with Gasteiger partial charge in [0.15, 0.2) is 5.78 Å². The first-order chi connectivity index (χ1) is 14.8. The molecule has 2 aromatic rings. The van der Waals surface area contributed by atoms with E-state index in [0.717, 1.165) is 16.5 Å². The number of benzene rings is 1. The van der Waals surface area contributed by atoms with Crippen molar-refractivity contribution in [1.82, 2.24) is 14.7 Å². The number of ether oxygens (including phenoxy) is 2. The van der Waals surface area contributed by atoms with Gasteiger partial charge in [-0.3, -0.25) is 14.2 Å². The van der Waals surface area contributed by atoms with Crippen LogP contribution in [0.15, 0.2) is 18.3 Å². The summed E-state index contributed by atoms with van der Waals surface area (Å²) in [5.41, 5.74) is 1.41. The molecular weight excluding hydrogens is 427 g/mol. The zero-order valence-electron chi connectivity index (χ0n) is 18.7. The number of hydrogen-bond acceptors (Lipinski definition) is 5. The number of carbonyl (C=O) groups is 2. The number of Topliss-reactive ketones (excluding diaryl/α,β-unsaturated/α-hetero) is 1. The molecule has 1 aliphatic heterocycles. The quantitative estimate of drug-likeness (QED) is 0.447. The minimum atomic E-state index is -4.68. The second-order valence-electron chi connectivity index (χ2n) is 9.15. The van der Waals surface area contributed by atoms with E-state index in [2.05, 4.69) is 9.84 Å². The Hall–Kier alpha value is -2.62. The van der Waals surface area contributed by atoms with Crippen molar-refractivity contribution in [2.75, 3.05) is 19.7 Å². The predicted octanol–water partition coefficient (Wildman–Crippen LogP) is 4.71. The van der Waals surface area contributed by atoms with Gasteiger partial charge in [0, 0.05) is 49.1 Å². The van der Waals surface area contributed by atoms with Gasteiger partial charge >= 0.3 is 12.5 Å². The Morgan fingerprint density at radius 1 is 1.19 bits per heavy atom. The number of nitrogens with zero attached hydrogens (tertiary/aromatic N) is 3. The van der Waals surface area contributed by atoms with Gasteiger partial charge in [-0.1, -0.05) is 0 Å². The lowest BCUT2D eigenvalue weighted by atomic mass is 10.00. The first-order valence-corrected chi connectivity index (χ1v) is 10.5. The molecule has 1 fully saturated rings. The molecule has 1 aromatic heterocycles. The Labute approximate surface area is 184 Å². The second kappa shape index (κ2) is 9.09. The average Bonchev–Trinajstić information content (AvgIpc) is 2.99. The van der Waals surface area contributed by atoms with Crippen molar-refractivity contribution >= 4 is 22.8 Å². The van der Waals surface area contributed by atoms with Crippen LogP contribution in [0.1, 0.15) is 49.5 Å². The van der Waals surface area contributed by atoms with E-state index in [-0.39, 0.29) is 30.6 Å². The van der Waals surface area contributed by atoms with Crippen LogP contribution in [0.5, 0.6) is 0 Å². The number of ketones is 1. The molecule has 1 amide bonds. The summed E-state index contributed by atoms with van der Waals surface area (Å²) in [4.78, 5) is 26.2. The lowest BCUT2D eigenvalue weighted by Gasteiger charge is -2.39. The van der Waals surface area contributed by atoms with Gasteiger partial charge in [-0.15, -0.1) is 13.2 Å². The maximum absolute atomic E-state index is 12.5. The number of aromatic nitrogens is 2. The van der Waals surface area contributed by atoms with E-state index in [1.165, 1.54) is 0 Å². The molecule has 7 nitrogen and oxygen atoms in total. The van der Waals surface area contributed by atoms with Crippen LogP contribution in [0.2, 0.25) is 0 Å². The van der Waals surface area contributed by atoms with Gasteiger partial charge in [0.25, 0.3) is 0 Å². The summed E-state index contributed by atoms with van der Waals surface area (Å²) in [5, 5.41) is 5.34. The minimum Gasteiger partial charge on any atom is -0.444 e. The van der Waals surface area contributed by atoms with Crippen molar-refractivity contribution in [3.63, 3.8) is 0 Å². The van der Waals surface area contributed by atoms with Crippen LogP contribution >= 0.6 is 0 Å². The molecule has 0 bridgehead atoms. The molecule has 0 aliphatic carbocycles. The average molecular weight is 455 g/mol. The third-order valence-corrected chi connectivity index (χ3v) is 5.07. The molecule has 1 aliphatic rings. The summed E-state index contributed by atoms with van der Waals surface area (Å²) in [6.45, 7) is 8.53. The van der Waals surface area contributed by atoms with Gasteiger partial charge in [-0.25, -0.2) is 4.79 Å². The molecule has 0 unspecified atom stereocenters. The summed E-state index contributed by atoms with van der Waals surface area (Å²) in [6, 6.07) is 3.54. The largest absolute Gasteiger partial charge is 0.522 e. The molecule has 0 spiro atoms. The third kappa shape index (κ3) is 6.44. The van der Waals surface area contributed by atoms with Crippen molar-refractivity contribution in [2.24, 2.45) is 5.92 Å². The van der Waals surface area contributed by atoms with E-state index >= 15 is 0 Å². The maximum Gasteiger partial charge on any atom is 0.522 e. The van der Waals surface area contributed by atoms with Crippen LogP contribution in [0, 0.1) is 12.8 Å². The number of rotatable bonds is 7. The molecule has 1 saturated heterocycles.